The fraction of sp³-hybridized carbons (Fsp3) is 0.375. The van der Waals surface area contributed by atoms with Crippen LogP contribution in [0.1, 0.15) is 34.7 Å². The molecule has 2 aromatic carbocycles. The molecular weight excluding hydrogens is 429 g/mol. The van der Waals surface area contributed by atoms with E-state index in [0.29, 0.717) is 31.9 Å². The van der Waals surface area contributed by atoms with Crippen molar-refractivity contribution >= 4 is 11.9 Å². The van der Waals surface area contributed by atoms with Crippen LogP contribution in [0.2, 0.25) is 0 Å². The van der Waals surface area contributed by atoms with Crippen molar-refractivity contribution < 1.29 is 13.2 Å². The second-order valence-electron chi connectivity index (χ2n) is 7.77. The van der Waals surface area contributed by atoms with E-state index in [9.17, 15) is 13.2 Å². The quantitative estimate of drug-likeness (QED) is 0.303. The zero-order chi connectivity index (χ0) is 24.4. The summed E-state index contributed by atoms with van der Waals surface area (Å²) >= 11 is 0. The molecule has 1 atom stereocenters. The zero-order valence-electron chi connectivity index (χ0n) is 19.1. The van der Waals surface area contributed by atoms with Gasteiger partial charge >= 0.3 is 6.18 Å². The van der Waals surface area contributed by atoms with Crippen LogP contribution in [0.15, 0.2) is 59.3 Å². The Labute approximate surface area is 193 Å². The van der Waals surface area contributed by atoms with Gasteiger partial charge in [0, 0.05) is 37.8 Å². The lowest BCUT2D eigenvalue weighted by molar-refractivity contribution is -0.137. The highest BCUT2D eigenvalue weighted by molar-refractivity contribution is 5.70. The van der Waals surface area contributed by atoms with Gasteiger partial charge in [-0.2, -0.15) is 13.2 Å². The maximum absolute atomic E-state index is 13.0. The van der Waals surface area contributed by atoms with Crippen LogP contribution in [-0.4, -0.2) is 44.5 Å². The molecule has 0 aromatic heterocycles. The topological polar surface area (TPSA) is 106 Å². The molecule has 0 saturated heterocycles. The van der Waals surface area contributed by atoms with Crippen molar-refractivity contribution in [2.24, 2.45) is 22.2 Å². The van der Waals surface area contributed by atoms with E-state index >= 15 is 0 Å². The summed E-state index contributed by atoms with van der Waals surface area (Å²) in [6.45, 7) is 4.19. The monoisotopic (exact) mass is 462 g/mol. The van der Waals surface area contributed by atoms with Gasteiger partial charge in [0.05, 0.1) is 11.9 Å². The third-order valence-corrected chi connectivity index (χ3v) is 5.51. The third-order valence-electron chi connectivity index (χ3n) is 5.51. The number of nitrogens with two attached hydrogens (primary N) is 3. The smallest absolute Gasteiger partial charge is 0.390 e. The highest BCUT2D eigenvalue weighted by Gasteiger charge is 2.30. The molecular formula is C24H33F3N6. The predicted octanol–water partition coefficient (Wildman–Crippen LogP) is 3.24. The van der Waals surface area contributed by atoms with Crippen molar-refractivity contribution in [3.63, 3.8) is 0 Å². The van der Waals surface area contributed by atoms with Crippen LogP contribution in [0.25, 0.3) is 5.57 Å². The van der Waals surface area contributed by atoms with Crippen LogP contribution >= 0.6 is 0 Å². The van der Waals surface area contributed by atoms with E-state index in [1.165, 1.54) is 12.1 Å². The molecule has 1 unspecified atom stereocenters. The minimum atomic E-state index is -4.38. The Morgan fingerprint density at radius 1 is 1.09 bits per heavy atom. The van der Waals surface area contributed by atoms with Crippen LogP contribution in [0, 0.1) is 6.92 Å². The van der Waals surface area contributed by atoms with Gasteiger partial charge in [-0.05, 0) is 43.7 Å². The Hall–Kier alpha value is -2.88. The largest absolute Gasteiger partial charge is 0.416 e. The molecule has 9 heteroatoms. The maximum atomic E-state index is 13.0. The van der Waals surface area contributed by atoms with Gasteiger partial charge in [0.25, 0.3) is 0 Å². The van der Waals surface area contributed by atoms with Gasteiger partial charge in [-0.3, -0.25) is 4.90 Å². The maximum Gasteiger partial charge on any atom is 0.416 e. The SMILES string of the molecule is CNCCN(CC/C(=C(/N)N=CN)c1ccc(C)cc1)C(CN)c1ccc(C(F)(F)F)cc1. The van der Waals surface area contributed by atoms with Crippen LogP contribution < -0.4 is 22.5 Å². The number of rotatable bonds is 11. The number of hydrogen-bond donors (Lipinski definition) is 4. The van der Waals surface area contributed by atoms with Gasteiger partial charge in [-0.25, -0.2) is 4.99 Å². The van der Waals surface area contributed by atoms with Gasteiger partial charge in [-0.1, -0.05) is 42.0 Å². The van der Waals surface area contributed by atoms with Crippen molar-refractivity contribution in [1.82, 2.24) is 10.2 Å². The first-order valence-corrected chi connectivity index (χ1v) is 10.8. The first kappa shape index (κ1) is 26.4. The van der Waals surface area contributed by atoms with E-state index in [1.54, 1.807) is 0 Å². The highest BCUT2D eigenvalue weighted by Crippen LogP contribution is 2.31. The molecule has 2 rings (SSSR count). The Kier molecular flexibility index (Phi) is 9.90. The first-order chi connectivity index (χ1) is 15.7. The fourth-order valence-electron chi connectivity index (χ4n) is 3.66. The molecule has 0 aliphatic carbocycles. The van der Waals surface area contributed by atoms with Crippen molar-refractivity contribution in [2.75, 3.05) is 33.2 Å². The van der Waals surface area contributed by atoms with Crippen molar-refractivity contribution in [1.29, 1.82) is 0 Å². The van der Waals surface area contributed by atoms with Crippen molar-refractivity contribution in [3.8, 4) is 0 Å². The van der Waals surface area contributed by atoms with E-state index in [4.69, 9.17) is 17.2 Å². The minimum absolute atomic E-state index is 0.251. The third kappa shape index (κ3) is 7.59. The Balaban J connectivity index is 2.31. The number of likely N-dealkylation sites (N-methyl/N-ethyl adjacent to an activating group) is 1. The molecule has 6 nitrogen and oxygen atoms in total. The summed E-state index contributed by atoms with van der Waals surface area (Å²) in [7, 11) is 1.85. The minimum Gasteiger partial charge on any atom is -0.390 e. The lowest BCUT2D eigenvalue weighted by Gasteiger charge is -2.32. The number of nitrogens with zero attached hydrogens (tertiary/aromatic N) is 2. The molecule has 7 N–H and O–H groups in total. The van der Waals surface area contributed by atoms with E-state index in [0.717, 1.165) is 40.7 Å². The van der Waals surface area contributed by atoms with Crippen molar-refractivity contribution in [3.05, 3.63) is 76.6 Å². The zero-order valence-corrected chi connectivity index (χ0v) is 19.1. The summed E-state index contributed by atoms with van der Waals surface area (Å²) in [6.07, 6.45) is -2.66. The second kappa shape index (κ2) is 12.4. The number of halogens is 3. The van der Waals surface area contributed by atoms with E-state index in [2.05, 4.69) is 15.2 Å². The van der Waals surface area contributed by atoms with Gasteiger partial charge < -0.3 is 22.5 Å². The van der Waals surface area contributed by atoms with E-state index < -0.39 is 11.7 Å². The van der Waals surface area contributed by atoms with E-state index in [-0.39, 0.29) is 12.6 Å². The second-order valence-corrected chi connectivity index (χ2v) is 7.77. The lowest BCUT2D eigenvalue weighted by atomic mass is 9.99. The summed E-state index contributed by atoms with van der Waals surface area (Å²) in [5.41, 5.74) is 20.7. The van der Waals surface area contributed by atoms with Gasteiger partial charge in [0.15, 0.2) is 0 Å². The Bertz CT molecular complexity index is 921. The first-order valence-electron chi connectivity index (χ1n) is 10.8. The average Bonchev–Trinajstić information content (AvgIpc) is 2.78. The molecule has 0 radical (unpaired) electrons. The molecule has 0 saturated carbocycles. The van der Waals surface area contributed by atoms with E-state index in [1.807, 2.05) is 38.2 Å². The standard InChI is InChI=1S/C24H33F3N6/c1-17-3-5-18(6-4-17)21(23(30)32-16-29)11-13-33(14-12-31-2)22(15-28)19-7-9-20(10-8-19)24(25,26)27/h3-10,16,22,31H,11-15,28,30H2,1-2H3,(H2,29,32)/b23-21+. The van der Waals surface area contributed by atoms with Crippen LogP contribution in [0.3, 0.4) is 0 Å². The summed E-state index contributed by atoms with van der Waals surface area (Å²) in [5.74, 6) is 0.328. The van der Waals surface area contributed by atoms with Gasteiger partial charge in [0.1, 0.15) is 5.82 Å². The summed E-state index contributed by atoms with van der Waals surface area (Å²) in [4.78, 5) is 6.21. The number of nitrogens with one attached hydrogen (secondary N) is 1. The number of aryl methyl sites for hydroxylation is 1. The highest BCUT2D eigenvalue weighted by atomic mass is 19.4. The molecule has 2 aromatic rings. The van der Waals surface area contributed by atoms with Crippen LogP contribution in [-0.2, 0) is 6.18 Å². The van der Waals surface area contributed by atoms with Gasteiger partial charge in [0.2, 0.25) is 0 Å². The Morgan fingerprint density at radius 2 is 1.73 bits per heavy atom. The molecule has 0 aliphatic heterocycles. The van der Waals surface area contributed by atoms with Crippen LogP contribution in [0.4, 0.5) is 13.2 Å². The molecule has 0 amide bonds. The number of aliphatic imine (C=N–C) groups is 1. The summed E-state index contributed by atoms with van der Waals surface area (Å²) < 4.78 is 38.9. The van der Waals surface area contributed by atoms with Crippen LogP contribution in [0.5, 0.6) is 0 Å². The van der Waals surface area contributed by atoms with Gasteiger partial charge in [-0.15, -0.1) is 0 Å². The number of hydrogen-bond acceptors (Lipinski definition) is 5. The lowest BCUT2D eigenvalue weighted by Crippen LogP contribution is -2.38. The molecule has 0 bridgehead atoms. The van der Waals surface area contributed by atoms with Crippen molar-refractivity contribution in [2.45, 2.75) is 25.6 Å². The normalized spacial score (nSPS) is 14.0. The summed E-state index contributed by atoms with van der Waals surface area (Å²) in [5, 5.41) is 3.12. The molecule has 33 heavy (non-hydrogen) atoms. The number of alkyl halides is 3. The molecule has 0 spiro atoms. The predicted molar refractivity (Wildman–Crippen MR) is 128 cm³/mol. The molecule has 0 aliphatic rings. The number of benzene rings is 2. The summed E-state index contributed by atoms with van der Waals surface area (Å²) in [6, 6.07) is 12.9. The molecule has 180 valence electrons. The average molecular weight is 463 g/mol. The molecule has 0 heterocycles. The fourth-order valence-corrected chi connectivity index (χ4v) is 3.66. The molecule has 0 fully saturated rings. The Morgan fingerprint density at radius 3 is 2.24 bits per heavy atom.